The van der Waals surface area contributed by atoms with Gasteiger partial charge in [-0.3, -0.25) is 14.4 Å². The van der Waals surface area contributed by atoms with Crippen LogP contribution in [0.3, 0.4) is 0 Å². The molecule has 3 aliphatic rings. The number of sulfonamides is 1. The maximum atomic E-state index is 12.8. The average Bonchev–Trinajstić information content (AvgIpc) is 3.12. The van der Waals surface area contributed by atoms with Gasteiger partial charge in [-0.05, 0) is 63.0 Å². The van der Waals surface area contributed by atoms with Gasteiger partial charge >= 0.3 is 0 Å². The number of rotatable bonds is 6. The molecule has 7 nitrogen and oxygen atoms in total. The normalized spacial score (nSPS) is 26.1. The van der Waals surface area contributed by atoms with Crippen LogP contribution in [0.4, 0.5) is 5.69 Å². The summed E-state index contributed by atoms with van der Waals surface area (Å²) in [5, 5.41) is 3.80. The molecule has 3 saturated heterocycles. The van der Waals surface area contributed by atoms with Crippen molar-refractivity contribution in [3.8, 4) is 10.8 Å². The third-order valence-corrected chi connectivity index (χ3v) is 7.20. The maximum Gasteiger partial charge on any atom is 0.261 e. The van der Waals surface area contributed by atoms with Gasteiger partial charge in [0, 0.05) is 18.2 Å². The summed E-state index contributed by atoms with van der Waals surface area (Å²) in [6.07, 6.45) is 3.39. The Kier molecular flexibility index (Phi) is 5.54. The molecule has 0 spiro atoms. The van der Waals surface area contributed by atoms with Crippen LogP contribution in [0.5, 0.6) is 10.8 Å². The van der Waals surface area contributed by atoms with E-state index in [0.29, 0.717) is 33.3 Å². The summed E-state index contributed by atoms with van der Waals surface area (Å²) in [4.78, 5) is 15.8. The molecule has 29 heavy (non-hydrogen) atoms. The number of nitrogens with zero attached hydrogens (tertiary/aromatic N) is 1. The van der Waals surface area contributed by atoms with Crippen molar-refractivity contribution in [2.75, 3.05) is 24.1 Å². The van der Waals surface area contributed by atoms with Gasteiger partial charge in [-0.25, -0.2) is 8.42 Å². The fourth-order valence-corrected chi connectivity index (χ4v) is 5.55. The summed E-state index contributed by atoms with van der Waals surface area (Å²) in [6.45, 7) is 4.45. The van der Waals surface area contributed by atoms with Crippen molar-refractivity contribution in [1.29, 1.82) is 0 Å². The molecule has 1 aromatic heterocycles. The van der Waals surface area contributed by atoms with E-state index in [4.69, 9.17) is 4.74 Å². The lowest BCUT2D eigenvalue weighted by Gasteiger charge is -2.49. The van der Waals surface area contributed by atoms with Crippen molar-refractivity contribution in [2.24, 2.45) is 5.92 Å². The Morgan fingerprint density at radius 1 is 1.21 bits per heavy atom. The van der Waals surface area contributed by atoms with Crippen LogP contribution in [-0.4, -0.2) is 50.7 Å². The molecule has 2 aromatic rings. The van der Waals surface area contributed by atoms with Crippen LogP contribution >= 0.6 is 11.3 Å². The number of anilines is 1. The van der Waals surface area contributed by atoms with Gasteiger partial charge in [-0.15, -0.1) is 0 Å². The number of nitrogens with one attached hydrogen (secondary N) is 2. The van der Waals surface area contributed by atoms with Crippen LogP contribution in [0.25, 0.3) is 0 Å². The molecular formula is C20H25N3O4S2. The highest BCUT2D eigenvalue weighted by molar-refractivity contribution is 7.92. The minimum atomic E-state index is -3.36. The smallest absolute Gasteiger partial charge is 0.261 e. The largest absolute Gasteiger partial charge is 0.447 e. The molecule has 3 fully saturated rings. The van der Waals surface area contributed by atoms with Crippen LogP contribution in [0.15, 0.2) is 36.4 Å². The monoisotopic (exact) mass is 435 g/mol. The van der Waals surface area contributed by atoms with Crippen LogP contribution < -0.4 is 14.8 Å². The third-order valence-electron chi connectivity index (χ3n) is 5.64. The lowest BCUT2D eigenvalue weighted by molar-refractivity contribution is 0.0218. The predicted octanol–water partition coefficient (Wildman–Crippen LogP) is 3.12. The van der Waals surface area contributed by atoms with Gasteiger partial charge in [-0.1, -0.05) is 17.4 Å². The molecule has 0 aliphatic carbocycles. The summed E-state index contributed by atoms with van der Waals surface area (Å²) < 4.78 is 31.0. The van der Waals surface area contributed by atoms with E-state index in [-0.39, 0.29) is 11.9 Å². The first-order valence-corrected chi connectivity index (χ1v) is 12.4. The van der Waals surface area contributed by atoms with Crippen molar-refractivity contribution >= 4 is 33.0 Å². The molecule has 0 radical (unpaired) electrons. The topological polar surface area (TPSA) is 87.7 Å². The average molecular weight is 436 g/mol. The highest BCUT2D eigenvalue weighted by Crippen LogP contribution is 2.34. The SMILES string of the molecule is C[C@@H]1[C@H](NC(=O)c2ccc(Oc3cccc(NS(C)(=O)=O)c3)s2)C2CCN1CC2. The van der Waals surface area contributed by atoms with Crippen molar-refractivity contribution in [3.05, 3.63) is 41.3 Å². The third kappa shape index (κ3) is 4.73. The van der Waals surface area contributed by atoms with Crippen LogP contribution in [-0.2, 0) is 10.0 Å². The minimum absolute atomic E-state index is 0.0667. The van der Waals surface area contributed by atoms with Crippen LogP contribution in [0, 0.1) is 5.92 Å². The van der Waals surface area contributed by atoms with Gasteiger partial charge in [-0.2, -0.15) is 0 Å². The summed E-state index contributed by atoms with van der Waals surface area (Å²) in [6, 6.07) is 10.8. The van der Waals surface area contributed by atoms with E-state index in [0.717, 1.165) is 32.2 Å². The molecule has 0 saturated carbocycles. The molecule has 2 N–H and O–H groups in total. The Labute approximate surface area is 175 Å². The number of piperidine rings is 3. The number of benzene rings is 1. The lowest BCUT2D eigenvalue weighted by Crippen LogP contribution is -2.62. The second-order valence-electron chi connectivity index (χ2n) is 7.74. The first-order valence-electron chi connectivity index (χ1n) is 9.69. The fraction of sp³-hybridized carbons (Fsp3) is 0.450. The first kappa shape index (κ1) is 20.2. The van der Waals surface area contributed by atoms with Crippen molar-refractivity contribution in [1.82, 2.24) is 10.2 Å². The Bertz CT molecular complexity index is 995. The molecule has 3 aliphatic heterocycles. The van der Waals surface area contributed by atoms with Crippen molar-refractivity contribution in [3.63, 3.8) is 0 Å². The number of hydrogen-bond donors (Lipinski definition) is 2. The van der Waals surface area contributed by atoms with E-state index in [2.05, 4.69) is 21.9 Å². The molecule has 2 atom stereocenters. The number of hydrogen-bond acceptors (Lipinski definition) is 6. The van der Waals surface area contributed by atoms with Gasteiger partial charge < -0.3 is 10.1 Å². The van der Waals surface area contributed by atoms with E-state index < -0.39 is 10.0 Å². The molecular weight excluding hydrogens is 410 g/mol. The number of carbonyl (C=O) groups excluding carboxylic acids is 1. The number of ether oxygens (including phenoxy) is 1. The summed E-state index contributed by atoms with van der Waals surface area (Å²) in [5.74, 6) is 0.987. The molecule has 5 rings (SSSR count). The van der Waals surface area contributed by atoms with Gasteiger partial charge in [0.2, 0.25) is 10.0 Å². The Morgan fingerprint density at radius 2 is 1.97 bits per heavy atom. The zero-order valence-electron chi connectivity index (χ0n) is 16.4. The van der Waals surface area contributed by atoms with Crippen molar-refractivity contribution in [2.45, 2.75) is 31.8 Å². The van der Waals surface area contributed by atoms with E-state index in [1.54, 1.807) is 36.4 Å². The highest BCUT2D eigenvalue weighted by Gasteiger charge is 2.40. The number of carbonyl (C=O) groups is 1. The van der Waals surface area contributed by atoms with Crippen LogP contribution in [0.1, 0.15) is 29.4 Å². The second kappa shape index (κ2) is 7.97. The number of fused-ring (bicyclic) bond motifs is 3. The minimum Gasteiger partial charge on any atom is -0.447 e. The molecule has 2 bridgehead atoms. The molecule has 1 aromatic carbocycles. The Hall–Kier alpha value is -2.10. The molecule has 0 unspecified atom stereocenters. The van der Waals surface area contributed by atoms with Crippen LogP contribution in [0.2, 0.25) is 0 Å². The molecule has 9 heteroatoms. The van der Waals surface area contributed by atoms with E-state index in [1.165, 1.54) is 11.3 Å². The zero-order valence-corrected chi connectivity index (χ0v) is 18.1. The van der Waals surface area contributed by atoms with Gasteiger partial charge in [0.15, 0.2) is 5.06 Å². The molecule has 4 heterocycles. The van der Waals surface area contributed by atoms with Gasteiger partial charge in [0.05, 0.1) is 16.8 Å². The fourth-order valence-electron chi connectivity index (χ4n) is 4.22. The maximum absolute atomic E-state index is 12.8. The second-order valence-corrected chi connectivity index (χ2v) is 10.5. The van der Waals surface area contributed by atoms with E-state index in [9.17, 15) is 13.2 Å². The highest BCUT2D eigenvalue weighted by atomic mass is 32.2. The standard InChI is InChI=1S/C20H25N3O4S2/c1-13-19(14-8-10-23(13)11-9-14)21-20(24)17-6-7-18(28-17)27-16-5-3-4-15(12-16)22-29(2,25)26/h3-7,12-14,19,22H,8-11H2,1-2H3,(H,21,24)/t13-,19+/m1/s1. The lowest BCUT2D eigenvalue weighted by atomic mass is 9.79. The zero-order chi connectivity index (χ0) is 20.6. The van der Waals surface area contributed by atoms with Gasteiger partial charge in [0.25, 0.3) is 5.91 Å². The summed E-state index contributed by atoms with van der Waals surface area (Å²) in [5.41, 5.74) is 0.427. The Morgan fingerprint density at radius 3 is 2.66 bits per heavy atom. The van der Waals surface area contributed by atoms with E-state index in [1.807, 2.05) is 0 Å². The molecule has 156 valence electrons. The quantitative estimate of drug-likeness (QED) is 0.728. The first-order chi connectivity index (χ1) is 13.8. The summed E-state index contributed by atoms with van der Waals surface area (Å²) >= 11 is 1.28. The van der Waals surface area contributed by atoms with Gasteiger partial charge in [0.1, 0.15) is 5.75 Å². The number of amides is 1. The summed E-state index contributed by atoms with van der Waals surface area (Å²) in [7, 11) is -3.36. The molecule has 1 amide bonds. The van der Waals surface area contributed by atoms with E-state index >= 15 is 0 Å². The Balaban J connectivity index is 1.41. The number of thiophene rings is 1. The van der Waals surface area contributed by atoms with Crippen molar-refractivity contribution < 1.29 is 17.9 Å². The predicted molar refractivity (Wildman–Crippen MR) is 114 cm³/mol.